The minimum absolute atomic E-state index is 0.00564. The van der Waals surface area contributed by atoms with Crippen LogP contribution in [0.15, 0.2) is 29.2 Å². The first-order valence-electron chi connectivity index (χ1n) is 6.97. The van der Waals surface area contributed by atoms with Gasteiger partial charge in [-0.05, 0) is 24.0 Å². The molecule has 2 amide bonds. The zero-order valence-corrected chi connectivity index (χ0v) is 13.9. The molecule has 0 aliphatic carbocycles. The molecule has 0 aliphatic heterocycles. The van der Waals surface area contributed by atoms with Crippen molar-refractivity contribution in [3.05, 3.63) is 29.8 Å². The summed E-state index contributed by atoms with van der Waals surface area (Å²) in [5, 5.41) is 5.09. The predicted octanol–water partition coefficient (Wildman–Crippen LogP) is 0.204. The lowest BCUT2D eigenvalue weighted by Gasteiger charge is -2.18. The molecule has 1 rings (SSSR count). The molecule has 7 nitrogen and oxygen atoms in total. The third kappa shape index (κ3) is 6.70. The Kier molecular flexibility index (Phi) is 8.14. The van der Waals surface area contributed by atoms with Crippen LogP contribution >= 0.6 is 11.8 Å². The minimum atomic E-state index is -0.527. The van der Waals surface area contributed by atoms with E-state index < -0.39 is 23.8 Å². The number of ether oxygens (including phenoxy) is 1. The van der Waals surface area contributed by atoms with Crippen molar-refractivity contribution in [1.29, 1.82) is 0 Å². The van der Waals surface area contributed by atoms with Crippen LogP contribution in [0.5, 0.6) is 0 Å². The number of thioether (sulfide) groups is 1. The van der Waals surface area contributed by atoms with Crippen LogP contribution in [0.1, 0.15) is 18.0 Å². The molecule has 4 N–H and O–H groups in total. The summed E-state index contributed by atoms with van der Waals surface area (Å²) < 4.78 is 4.66. The van der Waals surface area contributed by atoms with Crippen molar-refractivity contribution in [2.75, 3.05) is 26.5 Å². The van der Waals surface area contributed by atoms with Crippen molar-refractivity contribution in [2.45, 2.75) is 17.4 Å². The van der Waals surface area contributed by atoms with E-state index in [0.717, 1.165) is 10.5 Å². The van der Waals surface area contributed by atoms with Gasteiger partial charge in [-0.3, -0.25) is 14.4 Å². The van der Waals surface area contributed by atoms with Crippen LogP contribution in [0, 0.1) is 0 Å². The third-order valence-electron chi connectivity index (χ3n) is 3.08. The molecule has 0 saturated carbocycles. The maximum absolute atomic E-state index is 11.9. The fraction of sp³-hybridized carbons (Fsp3) is 0.400. The molecule has 0 aromatic heterocycles. The maximum atomic E-state index is 11.9. The summed E-state index contributed by atoms with van der Waals surface area (Å²) in [7, 11) is 1.29. The van der Waals surface area contributed by atoms with E-state index in [1.165, 1.54) is 7.11 Å². The molecule has 1 unspecified atom stereocenters. The molecule has 0 aliphatic rings. The van der Waals surface area contributed by atoms with Gasteiger partial charge in [-0.1, -0.05) is 12.1 Å². The largest absolute Gasteiger partial charge is 0.469 e. The van der Waals surface area contributed by atoms with Crippen LogP contribution in [-0.2, 0) is 19.1 Å². The second kappa shape index (κ2) is 9.86. The van der Waals surface area contributed by atoms with E-state index in [9.17, 15) is 14.4 Å². The Hall–Kier alpha value is -2.06. The molecular weight excluding hydrogens is 318 g/mol. The first-order valence-corrected chi connectivity index (χ1v) is 8.19. The molecule has 126 valence electrons. The molecule has 1 aromatic carbocycles. The number of methoxy groups -OCH3 is 1. The zero-order chi connectivity index (χ0) is 17.2. The van der Waals surface area contributed by atoms with Gasteiger partial charge in [0.25, 0.3) is 0 Å². The Bertz CT molecular complexity index is 548. The molecule has 8 heteroatoms. The van der Waals surface area contributed by atoms with E-state index in [1.54, 1.807) is 11.8 Å². The number of carbonyl (C=O) groups is 3. The number of amides is 2. The highest BCUT2D eigenvalue weighted by molar-refractivity contribution is 7.98. The second-order valence-electron chi connectivity index (χ2n) is 4.65. The van der Waals surface area contributed by atoms with E-state index in [4.69, 9.17) is 5.73 Å². The highest BCUT2D eigenvalue weighted by Gasteiger charge is 2.19. The predicted molar refractivity (Wildman–Crippen MR) is 87.8 cm³/mol. The quantitative estimate of drug-likeness (QED) is 0.461. The molecule has 0 bridgehead atoms. The van der Waals surface area contributed by atoms with Gasteiger partial charge in [0.05, 0.1) is 32.7 Å². The SMILES string of the molecule is COC(=O)CC(NC(=O)CNC(=O)CN)c1ccc(SC)cc1. The monoisotopic (exact) mass is 339 g/mol. The highest BCUT2D eigenvalue weighted by atomic mass is 32.2. The van der Waals surface area contributed by atoms with Gasteiger partial charge in [0.2, 0.25) is 11.8 Å². The third-order valence-corrected chi connectivity index (χ3v) is 3.83. The molecule has 23 heavy (non-hydrogen) atoms. The Morgan fingerprint density at radius 3 is 2.39 bits per heavy atom. The molecule has 1 atom stereocenters. The van der Waals surface area contributed by atoms with E-state index >= 15 is 0 Å². The van der Waals surface area contributed by atoms with Crippen molar-refractivity contribution >= 4 is 29.5 Å². The molecule has 0 saturated heterocycles. The Labute approximate surface area is 139 Å². The fourth-order valence-corrected chi connectivity index (χ4v) is 2.24. The molecule has 0 heterocycles. The van der Waals surface area contributed by atoms with Gasteiger partial charge in [-0.15, -0.1) is 11.8 Å². The van der Waals surface area contributed by atoms with Gasteiger partial charge in [0, 0.05) is 4.90 Å². The van der Waals surface area contributed by atoms with E-state index in [1.807, 2.05) is 30.5 Å². The van der Waals surface area contributed by atoms with Crippen molar-refractivity contribution in [1.82, 2.24) is 10.6 Å². The number of esters is 1. The summed E-state index contributed by atoms with van der Waals surface area (Å²) in [6, 6.07) is 6.98. The Morgan fingerprint density at radius 1 is 1.22 bits per heavy atom. The average Bonchev–Trinajstić information content (AvgIpc) is 2.58. The number of hydrogen-bond donors (Lipinski definition) is 3. The number of nitrogens with one attached hydrogen (secondary N) is 2. The number of benzene rings is 1. The average molecular weight is 339 g/mol. The van der Waals surface area contributed by atoms with Gasteiger partial charge < -0.3 is 21.1 Å². The summed E-state index contributed by atoms with van der Waals surface area (Å²) in [6.45, 7) is -0.383. The van der Waals surface area contributed by atoms with Gasteiger partial charge in [0.15, 0.2) is 0 Å². The lowest BCUT2D eigenvalue weighted by Crippen LogP contribution is -2.41. The lowest BCUT2D eigenvalue weighted by molar-refractivity contribution is -0.141. The molecule has 0 spiro atoms. The van der Waals surface area contributed by atoms with Crippen LogP contribution in [-0.4, -0.2) is 44.2 Å². The molecule has 0 radical (unpaired) electrons. The van der Waals surface area contributed by atoms with Crippen molar-refractivity contribution < 1.29 is 19.1 Å². The number of carbonyl (C=O) groups excluding carboxylic acids is 3. The Balaban J connectivity index is 2.76. The minimum Gasteiger partial charge on any atom is -0.469 e. The highest BCUT2D eigenvalue weighted by Crippen LogP contribution is 2.21. The van der Waals surface area contributed by atoms with Crippen LogP contribution in [0.25, 0.3) is 0 Å². The standard InChI is InChI=1S/C15H21N3O4S/c1-22-15(21)7-12(10-3-5-11(23-2)6-4-10)18-14(20)9-17-13(19)8-16/h3-6,12H,7-9,16H2,1-2H3,(H,17,19)(H,18,20). The van der Waals surface area contributed by atoms with Crippen LogP contribution in [0.2, 0.25) is 0 Å². The van der Waals surface area contributed by atoms with Crippen LogP contribution < -0.4 is 16.4 Å². The Morgan fingerprint density at radius 2 is 1.87 bits per heavy atom. The van der Waals surface area contributed by atoms with Crippen LogP contribution in [0.3, 0.4) is 0 Å². The van der Waals surface area contributed by atoms with Gasteiger partial charge >= 0.3 is 5.97 Å². The summed E-state index contributed by atoms with van der Waals surface area (Å²) in [5.74, 6) is -1.26. The van der Waals surface area contributed by atoms with Gasteiger partial charge in [-0.25, -0.2) is 0 Å². The van der Waals surface area contributed by atoms with E-state index in [0.29, 0.717) is 0 Å². The zero-order valence-electron chi connectivity index (χ0n) is 13.1. The normalized spacial score (nSPS) is 11.4. The van der Waals surface area contributed by atoms with Gasteiger partial charge in [0.1, 0.15) is 0 Å². The summed E-state index contributed by atoms with van der Waals surface area (Å²) in [5.41, 5.74) is 5.94. The van der Waals surface area contributed by atoms with Gasteiger partial charge in [-0.2, -0.15) is 0 Å². The number of nitrogens with two attached hydrogens (primary N) is 1. The van der Waals surface area contributed by atoms with Crippen molar-refractivity contribution in [3.63, 3.8) is 0 Å². The molecular formula is C15H21N3O4S. The maximum Gasteiger partial charge on any atom is 0.307 e. The topological polar surface area (TPSA) is 111 Å². The molecule has 0 fully saturated rings. The summed E-state index contributed by atoms with van der Waals surface area (Å²) in [4.78, 5) is 35.6. The van der Waals surface area contributed by atoms with Crippen LogP contribution in [0.4, 0.5) is 0 Å². The first-order chi connectivity index (χ1) is 11.0. The first kappa shape index (κ1) is 19.0. The number of rotatable bonds is 8. The molecule has 1 aromatic rings. The smallest absolute Gasteiger partial charge is 0.307 e. The fourth-order valence-electron chi connectivity index (χ4n) is 1.83. The summed E-state index contributed by atoms with van der Waals surface area (Å²) >= 11 is 1.60. The van der Waals surface area contributed by atoms with Crippen molar-refractivity contribution in [3.8, 4) is 0 Å². The van der Waals surface area contributed by atoms with Crippen molar-refractivity contribution in [2.24, 2.45) is 5.73 Å². The van der Waals surface area contributed by atoms with E-state index in [2.05, 4.69) is 15.4 Å². The summed E-state index contributed by atoms with van der Waals surface area (Å²) in [6.07, 6.45) is 1.97. The van der Waals surface area contributed by atoms with E-state index in [-0.39, 0.29) is 19.5 Å². The number of hydrogen-bond acceptors (Lipinski definition) is 6. The lowest BCUT2D eigenvalue weighted by atomic mass is 10.0. The second-order valence-corrected chi connectivity index (χ2v) is 5.53.